The van der Waals surface area contributed by atoms with Gasteiger partial charge in [0.2, 0.25) is 0 Å². The molecule has 5 fully saturated rings. The Hall–Kier alpha value is -0.570. The van der Waals surface area contributed by atoms with E-state index in [0.29, 0.717) is 35.5 Å². The van der Waals surface area contributed by atoms with E-state index in [9.17, 15) is 15.0 Å². The van der Waals surface area contributed by atoms with Crippen molar-refractivity contribution in [3.05, 3.63) is 0 Å². The minimum absolute atomic E-state index is 0.00863. The summed E-state index contributed by atoms with van der Waals surface area (Å²) in [6.45, 7) is 17.1. The molecule has 188 valence electrons. The molecule has 5 rings (SSSR count). The Bertz CT molecular complexity index is 817. The lowest BCUT2D eigenvalue weighted by Gasteiger charge is -2.72. The predicted molar refractivity (Wildman–Crippen MR) is 133 cm³/mol. The number of carbonyl (C=O) groups is 1. The molecule has 2 N–H and O–H groups in total. The maximum atomic E-state index is 12.8. The second-order valence-corrected chi connectivity index (χ2v) is 15.0. The van der Waals surface area contributed by atoms with E-state index in [1.54, 1.807) is 0 Å². The summed E-state index contributed by atoms with van der Waals surface area (Å²) < 4.78 is 0. The highest BCUT2D eigenvalue weighted by atomic mass is 16.4. The van der Waals surface area contributed by atoms with Crippen molar-refractivity contribution in [2.24, 2.45) is 62.6 Å². The summed E-state index contributed by atoms with van der Waals surface area (Å²) in [6, 6.07) is 0. The van der Waals surface area contributed by atoms with E-state index in [1.807, 2.05) is 0 Å². The molecule has 0 saturated heterocycles. The van der Waals surface area contributed by atoms with Gasteiger partial charge in [0.15, 0.2) is 0 Å². The zero-order valence-corrected chi connectivity index (χ0v) is 22.4. The van der Waals surface area contributed by atoms with Gasteiger partial charge in [0, 0.05) is 0 Å². The molecule has 3 heteroatoms. The van der Waals surface area contributed by atoms with E-state index >= 15 is 0 Å². The number of hydrogen-bond donors (Lipinski definition) is 2. The lowest BCUT2D eigenvalue weighted by atomic mass is 9.32. The van der Waals surface area contributed by atoms with Gasteiger partial charge in [0.1, 0.15) is 0 Å². The molecule has 0 spiro atoms. The second kappa shape index (κ2) is 7.23. The average Bonchev–Trinajstić information content (AvgIpc) is 3.13. The van der Waals surface area contributed by atoms with Gasteiger partial charge in [-0.25, -0.2) is 0 Å². The Kier molecular flexibility index (Phi) is 5.29. The molecule has 5 aliphatic rings. The van der Waals surface area contributed by atoms with Crippen LogP contribution in [-0.2, 0) is 4.79 Å². The van der Waals surface area contributed by atoms with Crippen molar-refractivity contribution in [1.29, 1.82) is 0 Å². The summed E-state index contributed by atoms with van der Waals surface area (Å²) >= 11 is 0. The van der Waals surface area contributed by atoms with Crippen LogP contribution in [0.15, 0.2) is 0 Å². The number of carboxylic acids is 1. The normalized spacial score (nSPS) is 55.3. The smallest absolute Gasteiger partial charge is 0.309 e. The molecule has 0 bridgehead atoms. The van der Waals surface area contributed by atoms with Crippen LogP contribution in [-0.4, -0.2) is 22.3 Å². The van der Waals surface area contributed by atoms with Crippen LogP contribution in [0, 0.1) is 62.6 Å². The number of aliphatic hydroxyl groups excluding tert-OH is 1. The lowest BCUT2D eigenvalue weighted by molar-refractivity contribution is -0.249. The van der Waals surface area contributed by atoms with Gasteiger partial charge >= 0.3 is 5.97 Å². The molecule has 0 aromatic carbocycles. The van der Waals surface area contributed by atoms with Gasteiger partial charge in [-0.1, -0.05) is 48.5 Å². The third kappa shape index (κ3) is 2.81. The Morgan fingerprint density at radius 1 is 0.788 bits per heavy atom. The van der Waals surface area contributed by atoms with Crippen LogP contribution in [0.25, 0.3) is 0 Å². The van der Waals surface area contributed by atoms with E-state index in [2.05, 4.69) is 48.5 Å². The highest BCUT2D eigenvalue weighted by Gasteiger charge is 2.72. The summed E-state index contributed by atoms with van der Waals surface area (Å²) in [5, 5.41) is 21.4. The zero-order chi connectivity index (χ0) is 24.2. The molecular weight excluding hydrogens is 408 g/mol. The summed E-state index contributed by atoms with van der Waals surface area (Å²) in [5.41, 5.74) is 0.309. The van der Waals surface area contributed by atoms with E-state index in [1.165, 1.54) is 25.7 Å². The molecule has 4 unspecified atom stereocenters. The Balaban J connectivity index is 1.56. The van der Waals surface area contributed by atoms with Gasteiger partial charge in [0.05, 0.1) is 11.5 Å². The van der Waals surface area contributed by atoms with Gasteiger partial charge < -0.3 is 10.2 Å². The highest BCUT2D eigenvalue weighted by molar-refractivity contribution is 5.76. The molecule has 10 atom stereocenters. The van der Waals surface area contributed by atoms with E-state index < -0.39 is 11.4 Å². The summed E-state index contributed by atoms with van der Waals surface area (Å²) in [7, 11) is 0. The van der Waals surface area contributed by atoms with Crippen LogP contribution < -0.4 is 0 Å². The summed E-state index contributed by atoms with van der Waals surface area (Å²) in [4.78, 5) is 12.8. The van der Waals surface area contributed by atoms with Crippen LogP contribution >= 0.6 is 0 Å². The van der Waals surface area contributed by atoms with Crippen LogP contribution in [0.2, 0.25) is 0 Å². The molecule has 5 saturated carbocycles. The third-order valence-electron chi connectivity index (χ3n) is 13.7. The van der Waals surface area contributed by atoms with Gasteiger partial charge in [-0.15, -0.1) is 0 Å². The summed E-state index contributed by atoms with van der Waals surface area (Å²) in [6.07, 6.45) is 10.8. The maximum Gasteiger partial charge on any atom is 0.309 e. The van der Waals surface area contributed by atoms with Crippen molar-refractivity contribution >= 4 is 5.97 Å². The standard InChI is InChI=1S/C30H50O3/c1-18(2)19-10-15-30(25(32)33)17-16-28(6)20(24(19)30)8-9-22-27(5)13-12-23(31)26(3,4)21(27)11-14-29(22,28)7/h18-24,31H,8-17H2,1-7H3,(H,32,33)/t19-,20?,21?,22?,23-,24?,27-,28+,29+,30-/m0/s1. The Labute approximate surface area is 202 Å². The van der Waals surface area contributed by atoms with Gasteiger partial charge in [-0.05, 0) is 121 Å². The van der Waals surface area contributed by atoms with Crippen LogP contribution in [0.4, 0.5) is 0 Å². The molecule has 0 aliphatic heterocycles. The SMILES string of the molecule is CC(C)[C@@H]1CC[C@]2(C(=O)O)CC[C@]3(C)C(CCC4[C@@]5(C)CC[C@H](O)C(C)(C)C5CC[C@]43C)C12. The fraction of sp³-hybridized carbons (Fsp3) is 0.967. The average molecular weight is 459 g/mol. The molecule has 0 radical (unpaired) electrons. The molecule has 33 heavy (non-hydrogen) atoms. The monoisotopic (exact) mass is 458 g/mol. The fourth-order valence-electron chi connectivity index (χ4n) is 11.8. The number of aliphatic carboxylic acids is 1. The first-order valence-corrected chi connectivity index (χ1v) is 14.2. The quantitative estimate of drug-likeness (QED) is 0.461. The number of aliphatic hydroxyl groups is 1. The van der Waals surface area contributed by atoms with Crippen LogP contribution in [0.3, 0.4) is 0 Å². The first-order chi connectivity index (χ1) is 15.3. The molecule has 0 aromatic heterocycles. The molecule has 3 nitrogen and oxygen atoms in total. The predicted octanol–water partition coefficient (Wildman–Crippen LogP) is 7.17. The largest absolute Gasteiger partial charge is 0.481 e. The maximum absolute atomic E-state index is 12.8. The van der Waals surface area contributed by atoms with Crippen molar-refractivity contribution in [3.63, 3.8) is 0 Å². The highest BCUT2D eigenvalue weighted by Crippen LogP contribution is 2.77. The van der Waals surface area contributed by atoms with Crippen molar-refractivity contribution in [2.45, 2.75) is 119 Å². The molecule has 0 amide bonds. The zero-order valence-electron chi connectivity index (χ0n) is 22.4. The first-order valence-electron chi connectivity index (χ1n) is 14.2. The number of rotatable bonds is 2. The van der Waals surface area contributed by atoms with Crippen molar-refractivity contribution in [1.82, 2.24) is 0 Å². The van der Waals surface area contributed by atoms with Gasteiger partial charge in [-0.2, -0.15) is 0 Å². The van der Waals surface area contributed by atoms with Gasteiger partial charge in [-0.3, -0.25) is 4.79 Å². The van der Waals surface area contributed by atoms with Crippen molar-refractivity contribution < 1.29 is 15.0 Å². The molecule has 5 aliphatic carbocycles. The second-order valence-electron chi connectivity index (χ2n) is 15.0. The van der Waals surface area contributed by atoms with Crippen molar-refractivity contribution in [3.8, 4) is 0 Å². The molecule has 0 heterocycles. The molecular formula is C30H50O3. The Morgan fingerprint density at radius 3 is 2.12 bits per heavy atom. The van der Waals surface area contributed by atoms with Crippen molar-refractivity contribution in [2.75, 3.05) is 0 Å². The van der Waals surface area contributed by atoms with Crippen LogP contribution in [0.1, 0.15) is 113 Å². The van der Waals surface area contributed by atoms with E-state index in [4.69, 9.17) is 0 Å². The third-order valence-corrected chi connectivity index (χ3v) is 13.7. The number of carboxylic acid groups (broad SMARTS) is 1. The van der Waals surface area contributed by atoms with Gasteiger partial charge in [0.25, 0.3) is 0 Å². The fourth-order valence-corrected chi connectivity index (χ4v) is 11.8. The Morgan fingerprint density at radius 2 is 1.48 bits per heavy atom. The first kappa shape index (κ1) is 24.1. The number of hydrogen-bond acceptors (Lipinski definition) is 2. The molecule has 0 aromatic rings. The number of fused-ring (bicyclic) bond motifs is 7. The minimum atomic E-state index is -0.497. The minimum Gasteiger partial charge on any atom is -0.481 e. The van der Waals surface area contributed by atoms with Crippen LogP contribution in [0.5, 0.6) is 0 Å². The van der Waals surface area contributed by atoms with E-state index in [0.717, 1.165) is 38.5 Å². The topological polar surface area (TPSA) is 57.5 Å². The van der Waals surface area contributed by atoms with E-state index in [-0.39, 0.29) is 27.8 Å². The lowest BCUT2D eigenvalue weighted by Crippen LogP contribution is -2.67. The summed E-state index contributed by atoms with van der Waals surface area (Å²) in [5.74, 6) is 2.79.